The normalized spacial score (nSPS) is 11.5. The highest BCUT2D eigenvalue weighted by molar-refractivity contribution is 5.33. The summed E-state index contributed by atoms with van der Waals surface area (Å²) < 4.78 is 12.7. The SMILES string of the molecule is CCC(O)(CC)CNc1cccc(F)n1. The van der Waals surface area contributed by atoms with Crippen LogP contribution >= 0.6 is 0 Å². The molecule has 0 fully saturated rings. The molecule has 3 nitrogen and oxygen atoms in total. The summed E-state index contributed by atoms with van der Waals surface area (Å²) in [4.78, 5) is 3.66. The van der Waals surface area contributed by atoms with Crippen LogP contribution < -0.4 is 5.32 Å². The van der Waals surface area contributed by atoms with Gasteiger partial charge in [0.25, 0.3) is 0 Å². The van der Waals surface area contributed by atoms with Gasteiger partial charge in [-0.15, -0.1) is 0 Å². The standard InChI is InChI=1S/C11H17FN2O/c1-3-11(15,4-2)8-13-10-7-5-6-9(12)14-10/h5-7,15H,3-4,8H2,1-2H3,(H,13,14). The van der Waals surface area contributed by atoms with Crippen molar-refractivity contribution >= 4 is 5.82 Å². The lowest BCUT2D eigenvalue weighted by molar-refractivity contribution is 0.0456. The molecule has 84 valence electrons. The predicted octanol–water partition coefficient (Wildman–Crippen LogP) is 2.18. The number of aromatic nitrogens is 1. The van der Waals surface area contributed by atoms with E-state index in [-0.39, 0.29) is 0 Å². The summed E-state index contributed by atoms with van der Waals surface area (Å²) in [5, 5.41) is 12.9. The molecule has 0 radical (unpaired) electrons. The molecule has 1 aromatic heterocycles. The van der Waals surface area contributed by atoms with E-state index in [1.165, 1.54) is 6.07 Å². The van der Waals surface area contributed by atoms with Crippen LogP contribution in [0.15, 0.2) is 18.2 Å². The average Bonchev–Trinajstić information content (AvgIpc) is 2.26. The number of nitrogens with zero attached hydrogens (tertiary/aromatic N) is 1. The Kier molecular flexibility index (Phi) is 4.03. The van der Waals surface area contributed by atoms with Crippen LogP contribution in [0.5, 0.6) is 0 Å². The van der Waals surface area contributed by atoms with E-state index >= 15 is 0 Å². The summed E-state index contributed by atoms with van der Waals surface area (Å²) in [6, 6.07) is 4.55. The molecule has 0 aliphatic heterocycles. The van der Waals surface area contributed by atoms with Crippen LogP contribution in [0.3, 0.4) is 0 Å². The van der Waals surface area contributed by atoms with E-state index in [9.17, 15) is 9.50 Å². The molecule has 1 heterocycles. The highest BCUT2D eigenvalue weighted by Crippen LogP contribution is 2.15. The third kappa shape index (κ3) is 3.47. The second kappa shape index (κ2) is 5.07. The number of aliphatic hydroxyl groups is 1. The maximum absolute atomic E-state index is 12.7. The van der Waals surface area contributed by atoms with Gasteiger partial charge in [-0.2, -0.15) is 4.39 Å². The van der Waals surface area contributed by atoms with E-state index in [0.717, 1.165) is 0 Å². The Morgan fingerprint density at radius 3 is 2.60 bits per heavy atom. The van der Waals surface area contributed by atoms with Gasteiger partial charge in [-0.1, -0.05) is 19.9 Å². The Bertz CT molecular complexity index is 313. The van der Waals surface area contributed by atoms with Crippen molar-refractivity contribution in [3.05, 3.63) is 24.1 Å². The molecule has 0 amide bonds. The molecule has 1 aromatic rings. The summed E-state index contributed by atoms with van der Waals surface area (Å²) >= 11 is 0. The zero-order valence-electron chi connectivity index (χ0n) is 9.13. The van der Waals surface area contributed by atoms with Crippen LogP contribution in [0.4, 0.5) is 10.2 Å². The zero-order valence-corrected chi connectivity index (χ0v) is 9.13. The Labute approximate surface area is 89.4 Å². The number of anilines is 1. The van der Waals surface area contributed by atoms with Gasteiger partial charge in [0.2, 0.25) is 5.95 Å². The predicted molar refractivity (Wildman–Crippen MR) is 58.2 cm³/mol. The van der Waals surface area contributed by atoms with Crippen molar-refractivity contribution in [1.82, 2.24) is 4.98 Å². The van der Waals surface area contributed by atoms with Gasteiger partial charge in [-0.3, -0.25) is 0 Å². The van der Waals surface area contributed by atoms with E-state index in [0.29, 0.717) is 25.2 Å². The maximum Gasteiger partial charge on any atom is 0.214 e. The van der Waals surface area contributed by atoms with Crippen molar-refractivity contribution in [2.45, 2.75) is 32.3 Å². The van der Waals surface area contributed by atoms with Crippen LogP contribution in [0.1, 0.15) is 26.7 Å². The topological polar surface area (TPSA) is 45.1 Å². The fourth-order valence-corrected chi connectivity index (χ4v) is 1.26. The zero-order chi connectivity index (χ0) is 11.3. The third-order valence-electron chi connectivity index (χ3n) is 2.63. The highest BCUT2D eigenvalue weighted by atomic mass is 19.1. The minimum absolute atomic E-state index is 0.385. The number of nitrogens with one attached hydrogen (secondary N) is 1. The first-order valence-corrected chi connectivity index (χ1v) is 5.18. The van der Waals surface area contributed by atoms with E-state index < -0.39 is 11.5 Å². The number of hydrogen-bond donors (Lipinski definition) is 2. The Morgan fingerprint density at radius 1 is 1.40 bits per heavy atom. The number of hydrogen-bond acceptors (Lipinski definition) is 3. The number of rotatable bonds is 5. The monoisotopic (exact) mass is 212 g/mol. The minimum atomic E-state index is -0.742. The van der Waals surface area contributed by atoms with E-state index in [2.05, 4.69) is 10.3 Å². The molecule has 0 saturated carbocycles. The van der Waals surface area contributed by atoms with Gasteiger partial charge in [0, 0.05) is 6.54 Å². The average molecular weight is 212 g/mol. The first kappa shape index (κ1) is 11.9. The van der Waals surface area contributed by atoms with Gasteiger partial charge in [-0.05, 0) is 25.0 Å². The minimum Gasteiger partial charge on any atom is -0.388 e. The van der Waals surface area contributed by atoms with Crippen LogP contribution in [-0.2, 0) is 0 Å². The van der Waals surface area contributed by atoms with Gasteiger partial charge in [0.15, 0.2) is 0 Å². The summed E-state index contributed by atoms with van der Waals surface area (Å²) in [5.74, 6) is -0.0631. The van der Waals surface area contributed by atoms with Crippen LogP contribution in [0, 0.1) is 5.95 Å². The summed E-state index contributed by atoms with van der Waals surface area (Å²) in [6.07, 6.45) is 1.32. The van der Waals surface area contributed by atoms with E-state index in [1.807, 2.05) is 13.8 Å². The van der Waals surface area contributed by atoms with Gasteiger partial charge in [0.05, 0.1) is 5.60 Å². The lowest BCUT2D eigenvalue weighted by atomic mass is 9.98. The molecular formula is C11H17FN2O. The molecule has 4 heteroatoms. The van der Waals surface area contributed by atoms with Crippen molar-refractivity contribution in [2.24, 2.45) is 0 Å². The molecule has 2 N–H and O–H groups in total. The van der Waals surface area contributed by atoms with Gasteiger partial charge >= 0.3 is 0 Å². The fraction of sp³-hybridized carbons (Fsp3) is 0.545. The quantitative estimate of drug-likeness (QED) is 0.735. The molecule has 0 unspecified atom stereocenters. The lowest BCUT2D eigenvalue weighted by Gasteiger charge is -2.25. The highest BCUT2D eigenvalue weighted by Gasteiger charge is 2.21. The molecule has 15 heavy (non-hydrogen) atoms. The number of halogens is 1. The van der Waals surface area contributed by atoms with Crippen molar-refractivity contribution in [3.63, 3.8) is 0 Å². The second-order valence-electron chi connectivity index (χ2n) is 3.63. The molecule has 0 atom stereocenters. The maximum atomic E-state index is 12.7. The fourth-order valence-electron chi connectivity index (χ4n) is 1.26. The molecule has 0 bridgehead atoms. The molecule has 0 spiro atoms. The Hall–Kier alpha value is -1.16. The van der Waals surface area contributed by atoms with Crippen molar-refractivity contribution in [1.29, 1.82) is 0 Å². The number of pyridine rings is 1. The molecule has 0 aromatic carbocycles. The Morgan fingerprint density at radius 2 is 2.07 bits per heavy atom. The third-order valence-corrected chi connectivity index (χ3v) is 2.63. The summed E-state index contributed by atoms with van der Waals surface area (Å²) in [6.45, 7) is 4.23. The first-order valence-electron chi connectivity index (χ1n) is 5.18. The van der Waals surface area contributed by atoms with Crippen molar-refractivity contribution in [3.8, 4) is 0 Å². The van der Waals surface area contributed by atoms with E-state index in [1.54, 1.807) is 12.1 Å². The molecule has 1 rings (SSSR count). The molecule has 0 aliphatic carbocycles. The first-order chi connectivity index (χ1) is 7.09. The second-order valence-corrected chi connectivity index (χ2v) is 3.63. The van der Waals surface area contributed by atoms with Gasteiger partial charge in [0.1, 0.15) is 5.82 Å². The Balaban J connectivity index is 2.56. The van der Waals surface area contributed by atoms with E-state index in [4.69, 9.17) is 0 Å². The van der Waals surface area contributed by atoms with Crippen molar-refractivity contribution in [2.75, 3.05) is 11.9 Å². The van der Waals surface area contributed by atoms with Crippen LogP contribution in [-0.4, -0.2) is 22.2 Å². The molecular weight excluding hydrogens is 195 g/mol. The lowest BCUT2D eigenvalue weighted by Crippen LogP contribution is -2.35. The molecule has 0 aliphatic rings. The van der Waals surface area contributed by atoms with Crippen molar-refractivity contribution < 1.29 is 9.50 Å². The molecule has 0 saturated heterocycles. The summed E-state index contributed by atoms with van der Waals surface area (Å²) in [7, 11) is 0. The van der Waals surface area contributed by atoms with Gasteiger partial charge in [-0.25, -0.2) is 4.98 Å². The smallest absolute Gasteiger partial charge is 0.214 e. The van der Waals surface area contributed by atoms with Crippen LogP contribution in [0.2, 0.25) is 0 Å². The summed E-state index contributed by atoms with van der Waals surface area (Å²) in [5.41, 5.74) is -0.742. The largest absolute Gasteiger partial charge is 0.388 e. The van der Waals surface area contributed by atoms with Gasteiger partial charge < -0.3 is 10.4 Å². The van der Waals surface area contributed by atoms with Crippen LogP contribution in [0.25, 0.3) is 0 Å².